The van der Waals surface area contributed by atoms with E-state index in [0.717, 1.165) is 16.8 Å². The third kappa shape index (κ3) is 3.66. The van der Waals surface area contributed by atoms with Crippen molar-refractivity contribution in [1.82, 2.24) is 19.6 Å². The SMILES string of the molecule is CCn1ncc(NC(=O)c2ccc(C)c(C)c2)c1C(=O)Nc1cnn(C)c1C. The molecular weight excluding hydrogens is 356 g/mol. The van der Waals surface area contributed by atoms with Crippen molar-refractivity contribution >= 4 is 23.2 Å². The van der Waals surface area contributed by atoms with Crippen LogP contribution >= 0.6 is 0 Å². The Morgan fingerprint density at radius 1 is 0.964 bits per heavy atom. The molecule has 0 spiro atoms. The third-order valence-electron chi connectivity index (χ3n) is 4.85. The number of carbonyl (C=O) groups is 2. The summed E-state index contributed by atoms with van der Waals surface area (Å²) in [5.41, 5.74) is 4.78. The maximum Gasteiger partial charge on any atom is 0.276 e. The second kappa shape index (κ2) is 7.67. The number of nitrogens with one attached hydrogen (secondary N) is 2. The van der Waals surface area contributed by atoms with Crippen LogP contribution in [0, 0.1) is 20.8 Å². The Balaban J connectivity index is 1.87. The van der Waals surface area contributed by atoms with Crippen molar-refractivity contribution in [2.45, 2.75) is 34.2 Å². The van der Waals surface area contributed by atoms with Gasteiger partial charge < -0.3 is 10.6 Å². The molecule has 146 valence electrons. The van der Waals surface area contributed by atoms with E-state index in [2.05, 4.69) is 20.8 Å². The van der Waals surface area contributed by atoms with Gasteiger partial charge in [-0.15, -0.1) is 0 Å². The van der Waals surface area contributed by atoms with Crippen molar-refractivity contribution in [1.29, 1.82) is 0 Å². The topological polar surface area (TPSA) is 93.8 Å². The molecule has 8 heteroatoms. The molecule has 0 radical (unpaired) electrons. The van der Waals surface area contributed by atoms with E-state index in [9.17, 15) is 9.59 Å². The highest BCUT2D eigenvalue weighted by Gasteiger charge is 2.21. The van der Waals surface area contributed by atoms with Gasteiger partial charge in [0, 0.05) is 19.2 Å². The molecular formula is C20H24N6O2. The molecule has 2 aromatic heterocycles. The van der Waals surface area contributed by atoms with Crippen molar-refractivity contribution in [2.75, 3.05) is 10.6 Å². The lowest BCUT2D eigenvalue weighted by Crippen LogP contribution is -2.21. The fraction of sp³-hybridized carbons (Fsp3) is 0.300. The molecule has 2 N–H and O–H groups in total. The van der Waals surface area contributed by atoms with E-state index in [0.29, 0.717) is 29.2 Å². The number of hydrogen-bond donors (Lipinski definition) is 2. The highest BCUT2D eigenvalue weighted by atomic mass is 16.2. The van der Waals surface area contributed by atoms with Crippen LogP contribution in [0.2, 0.25) is 0 Å². The standard InChI is InChI=1S/C20H24N6O2/c1-6-26-18(20(28)23-16-10-21-25(5)14(16)4)17(11-22-26)24-19(27)15-8-7-12(2)13(3)9-15/h7-11H,6H2,1-5H3,(H,23,28)(H,24,27). The molecule has 3 aromatic rings. The molecule has 8 nitrogen and oxygen atoms in total. The molecule has 0 aliphatic carbocycles. The Morgan fingerprint density at radius 3 is 2.25 bits per heavy atom. The summed E-state index contributed by atoms with van der Waals surface area (Å²) in [4.78, 5) is 25.6. The Kier molecular flexibility index (Phi) is 5.30. The third-order valence-corrected chi connectivity index (χ3v) is 4.85. The van der Waals surface area contributed by atoms with E-state index in [1.165, 1.54) is 6.20 Å². The van der Waals surface area contributed by atoms with E-state index < -0.39 is 0 Å². The van der Waals surface area contributed by atoms with Gasteiger partial charge in [0.25, 0.3) is 11.8 Å². The van der Waals surface area contributed by atoms with Gasteiger partial charge in [0.05, 0.1) is 29.5 Å². The van der Waals surface area contributed by atoms with Gasteiger partial charge in [-0.3, -0.25) is 19.0 Å². The summed E-state index contributed by atoms with van der Waals surface area (Å²) < 4.78 is 3.23. The number of nitrogens with zero attached hydrogens (tertiary/aromatic N) is 4. The van der Waals surface area contributed by atoms with Crippen molar-refractivity contribution in [2.24, 2.45) is 7.05 Å². The zero-order valence-electron chi connectivity index (χ0n) is 16.7. The summed E-state index contributed by atoms with van der Waals surface area (Å²) in [6.07, 6.45) is 3.08. The number of amides is 2. The van der Waals surface area contributed by atoms with Crippen LogP contribution < -0.4 is 10.6 Å². The maximum absolute atomic E-state index is 12.9. The quantitative estimate of drug-likeness (QED) is 0.711. The molecule has 0 unspecified atom stereocenters. The molecule has 0 aliphatic rings. The first-order valence-electron chi connectivity index (χ1n) is 9.06. The molecule has 0 aliphatic heterocycles. The molecule has 3 rings (SSSR count). The summed E-state index contributed by atoms with van der Waals surface area (Å²) in [5.74, 6) is -0.642. The second-order valence-corrected chi connectivity index (χ2v) is 6.70. The van der Waals surface area contributed by atoms with Crippen molar-refractivity contribution in [3.8, 4) is 0 Å². The Hall–Kier alpha value is -3.42. The Morgan fingerprint density at radius 2 is 1.64 bits per heavy atom. The first kappa shape index (κ1) is 19.3. The minimum atomic E-state index is -0.356. The van der Waals surface area contributed by atoms with Gasteiger partial charge in [0.15, 0.2) is 0 Å². The number of hydrogen-bond acceptors (Lipinski definition) is 4. The van der Waals surface area contributed by atoms with Crippen LogP contribution in [0.5, 0.6) is 0 Å². The van der Waals surface area contributed by atoms with Gasteiger partial charge in [0.2, 0.25) is 0 Å². The van der Waals surface area contributed by atoms with E-state index in [-0.39, 0.29) is 11.8 Å². The van der Waals surface area contributed by atoms with Crippen LogP contribution in [-0.4, -0.2) is 31.4 Å². The number of aromatic nitrogens is 4. The minimum Gasteiger partial charge on any atom is -0.319 e. The molecule has 0 fully saturated rings. The van der Waals surface area contributed by atoms with Gasteiger partial charge in [-0.05, 0) is 51.0 Å². The lowest BCUT2D eigenvalue weighted by molar-refractivity contribution is 0.101. The van der Waals surface area contributed by atoms with Crippen molar-refractivity contribution in [3.63, 3.8) is 0 Å². The van der Waals surface area contributed by atoms with Gasteiger partial charge >= 0.3 is 0 Å². The monoisotopic (exact) mass is 380 g/mol. The predicted octanol–water partition coefficient (Wildman–Crippen LogP) is 3.07. The van der Waals surface area contributed by atoms with Crippen molar-refractivity contribution in [3.05, 3.63) is 58.7 Å². The molecule has 0 saturated carbocycles. The minimum absolute atomic E-state index is 0.287. The molecule has 0 saturated heterocycles. The van der Waals surface area contributed by atoms with E-state index in [1.807, 2.05) is 39.8 Å². The summed E-state index contributed by atoms with van der Waals surface area (Å²) in [6.45, 7) is 8.19. The number of aryl methyl sites for hydroxylation is 4. The number of benzene rings is 1. The van der Waals surface area contributed by atoms with Crippen LogP contribution in [0.1, 0.15) is 44.6 Å². The lowest BCUT2D eigenvalue weighted by Gasteiger charge is -2.10. The summed E-state index contributed by atoms with van der Waals surface area (Å²) in [7, 11) is 1.80. The largest absolute Gasteiger partial charge is 0.319 e. The van der Waals surface area contributed by atoms with Gasteiger partial charge in [0.1, 0.15) is 5.69 Å². The maximum atomic E-state index is 12.9. The van der Waals surface area contributed by atoms with Crippen molar-refractivity contribution < 1.29 is 9.59 Å². The first-order chi connectivity index (χ1) is 13.3. The van der Waals surface area contributed by atoms with Gasteiger partial charge in [-0.2, -0.15) is 10.2 Å². The number of rotatable bonds is 5. The van der Waals surface area contributed by atoms with E-state index in [4.69, 9.17) is 0 Å². The average molecular weight is 380 g/mol. The van der Waals surface area contributed by atoms with E-state index >= 15 is 0 Å². The first-order valence-corrected chi connectivity index (χ1v) is 9.06. The van der Waals surface area contributed by atoms with E-state index in [1.54, 1.807) is 28.7 Å². The van der Waals surface area contributed by atoms with Crippen LogP contribution in [-0.2, 0) is 13.6 Å². The number of anilines is 2. The fourth-order valence-corrected chi connectivity index (χ4v) is 2.84. The smallest absolute Gasteiger partial charge is 0.276 e. The second-order valence-electron chi connectivity index (χ2n) is 6.70. The zero-order chi connectivity index (χ0) is 20.4. The van der Waals surface area contributed by atoms with Gasteiger partial charge in [-0.1, -0.05) is 6.07 Å². The highest BCUT2D eigenvalue weighted by molar-refractivity contribution is 6.11. The van der Waals surface area contributed by atoms with Crippen LogP contribution in [0.25, 0.3) is 0 Å². The predicted molar refractivity (Wildman–Crippen MR) is 108 cm³/mol. The summed E-state index contributed by atoms with van der Waals surface area (Å²) >= 11 is 0. The van der Waals surface area contributed by atoms with Crippen LogP contribution in [0.3, 0.4) is 0 Å². The Bertz CT molecular complexity index is 1050. The zero-order valence-corrected chi connectivity index (χ0v) is 16.7. The highest BCUT2D eigenvalue weighted by Crippen LogP contribution is 2.20. The van der Waals surface area contributed by atoms with Gasteiger partial charge in [-0.25, -0.2) is 0 Å². The average Bonchev–Trinajstić information content (AvgIpc) is 3.21. The molecule has 0 atom stereocenters. The Labute approximate surface area is 163 Å². The molecule has 28 heavy (non-hydrogen) atoms. The van der Waals surface area contributed by atoms with Crippen LogP contribution in [0.4, 0.5) is 11.4 Å². The molecule has 2 heterocycles. The van der Waals surface area contributed by atoms with Crippen LogP contribution in [0.15, 0.2) is 30.6 Å². The molecule has 1 aromatic carbocycles. The number of carbonyl (C=O) groups excluding carboxylic acids is 2. The normalized spacial score (nSPS) is 10.8. The summed E-state index contributed by atoms with van der Waals surface area (Å²) in [6, 6.07) is 5.49. The fourth-order valence-electron chi connectivity index (χ4n) is 2.84. The molecule has 2 amide bonds. The summed E-state index contributed by atoms with van der Waals surface area (Å²) in [5, 5.41) is 14.0. The molecule has 0 bridgehead atoms. The lowest BCUT2D eigenvalue weighted by atomic mass is 10.1.